The Kier molecular flexibility index (Phi) is 10.3. The number of aromatic hydroxyl groups is 1. The van der Waals surface area contributed by atoms with Crippen molar-refractivity contribution in [3.05, 3.63) is 126 Å². The molecule has 7 aromatic rings. The van der Waals surface area contributed by atoms with Gasteiger partial charge in [0.2, 0.25) is 0 Å². The largest absolute Gasteiger partial charge is 0.507 e. The third-order valence-electron chi connectivity index (χ3n) is 10.5. The molecule has 286 valence electrons. The van der Waals surface area contributed by atoms with Gasteiger partial charge in [0.1, 0.15) is 11.6 Å². The maximum Gasteiger partial charge on any atom is 0.148 e. The van der Waals surface area contributed by atoms with Crippen molar-refractivity contribution in [3.63, 3.8) is 0 Å². The van der Waals surface area contributed by atoms with E-state index in [1.165, 1.54) is 11.1 Å². The molecule has 5 nitrogen and oxygen atoms in total. The molecule has 0 aliphatic carbocycles. The summed E-state index contributed by atoms with van der Waals surface area (Å²) in [6.07, 6.45) is 3.77. The average Bonchev–Trinajstić information content (AvgIpc) is 3.48. The molecule has 0 bridgehead atoms. The van der Waals surface area contributed by atoms with Crippen LogP contribution in [0.1, 0.15) is 105 Å². The summed E-state index contributed by atoms with van der Waals surface area (Å²) in [5.74, 6) is 0.892. The number of phenols is 1. The van der Waals surface area contributed by atoms with Gasteiger partial charge in [0.25, 0.3) is 0 Å². The maximum atomic E-state index is 11.5. The first-order chi connectivity index (χ1) is 25.2. The van der Waals surface area contributed by atoms with Crippen molar-refractivity contribution >= 4 is 22.1 Å². The Bertz CT molecular complexity index is 2540. The van der Waals surface area contributed by atoms with Crippen LogP contribution in [0.2, 0.25) is 0 Å². The van der Waals surface area contributed by atoms with Crippen LogP contribution in [0.5, 0.6) is 5.75 Å². The summed E-state index contributed by atoms with van der Waals surface area (Å²) >= 11 is 0. The van der Waals surface area contributed by atoms with Crippen molar-refractivity contribution < 1.29 is 26.2 Å². The monoisotopic (exact) mass is 908 g/mol. The minimum atomic E-state index is -0.158. The van der Waals surface area contributed by atoms with Gasteiger partial charge in [-0.25, -0.2) is 4.98 Å². The molecule has 0 saturated carbocycles. The van der Waals surface area contributed by atoms with Gasteiger partial charge in [-0.1, -0.05) is 125 Å². The van der Waals surface area contributed by atoms with Crippen LogP contribution in [0.15, 0.2) is 97.3 Å². The van der Waals surface area contributed by atoms with E-state index in [4.69, 9.17) is 15.0 Å². The van der Waals surface area contributed by atoms with Crippen LogP contribution in [0.25, 0.3) is 61.4 Å². The number of benzene rings is 4. The van der Waals surface area contributed by atoms with Gasteiger partial charge in [0, 0.05) is 39.1 Å². The van der Waals surface area contributed by atoms with E-state index >= 15 is 0 Å². The summed E-state index contributed by atoms with van der Waals surface area (Å²) in [6, 6.07) is 33.5. The number of imidazole rings is 1. The van der Waals surface area contributed by atoms with Gasteiger partial charge in [0.15, 0.2) is 0 Å². The van der Waals surface area contributed by atoms with Gasteiger partial charge in [0.05, 0.1) is 27.6 Å². The first kappa shape index (κ1) is 40.1. The van der Waals surface area contributed by atoms with Gasteiger partial charge in [-0.2, -0.15) is 0 Å². The fraction of sp³-hybridized carbons (Fsp3) is 0.327. The summed E-state index contributed by atoms with van der Waals surface area (Å²) in [4.78, 5) is 15.1. The van der Waals surface area contributed by atoms with Crippen LogP contribution >= 0.6 is 0 Å². The van der Waals surface area contributed by atoms with Gasteiger partial charge < -0.3 is 5.11 Å². The summed E-state index contributed by atoms with van der Waals surface area (Å²) in [6.45, 7) is 26.7. The van der Waals surface area contributed by atoms with Crippen LogP contribution in [0, 0.1) is 6.07 Å². The third kappa shape index (κ3) is 7.66. The molecule has 7 rings (SSSR count). The molecule has 0 aliphatic rings. The van der Waals surface area contributed by atoms with Crippen LogP contribution in [0.4, 0.5) is 0 Å². The number of nitrogens with zero attached hydrogens (tertiary/aromatic N) is 4. The van der Waals surface area contributed by atoms with Crippen molar-refractivity contribution in [2.24, 2.45) is 0 Å². The smallest absolute Gasteiger partial charge is 0.148 e. The van der Waals surface area contributed by atoms with Crippen molar-refractivity contribution in [1.29, 1.82) is 0 Å². The van der Waals surface area contributed by atoms with Crippen LogP contribution < -0.4 is 0 Å². The quantitative estimate of drug-likeness (QED) is 0.179. The molecular formula is C49H53N4OPt-. The Hall–Kier alpha value is -4.60. The molecule has 55 heavy (non-hydrogen) atoms. The first-order valence-electron chi connectivity index (χ1n) is 19.0. The predicted octanol–water partition coefficient (Wildman–Crippen LogP) is 12.7. The average molecular weight is 909 g/mol. The standard InChI is InChI=1S/C49H53N4O.Pt/c1-46(2,3)32-16-19-35(20-17-32)53-40-29-34(48(7,8)9)28-37(42(40)52-45(53)38-27-33(47(4,5)6)18-21-41(38)54)31-15-13-14-30(26-31)36-22-24-51-44-39(49(10,11)12)23-25-50-43(36)44;/h13-25,27-29,54H,1-12H3;/q-1;. The molecule has 0 radical (unpaired) electrons. The molecule has 4 aromatic carbocycles. The van der Waals surface area contributed by atoms with Crippen LogP contribution in [0.3, 0.4) is 0 Å². The number of pyridine rings is 2. The SMILES string of the molecule is CC(C)(C)c1ccc(-n2c(-c3cc(C(C)(C)C)ccc3O)nc3c(-c4[c-]c(-c5ccnc6c(C(C)(C)C)ccnc56)ccc4)cc(C(C)(C)C)cc32)cc1.[Pt]. The van der Waals surface area contributed by atoms with E-state index < -0.39 is 0 Å². The molecule has 0 saturated heterocycles. The number of hydrogen-bond acceptors (Lipinski definition) is 4. The van der Waals surface area contributed by atoms with Crippen LogP contribution in [-0.2, 0) is 42.7 Å². The minimum absolute atomic E-state index is 0. The molecule has 0 atom stereocenters. The Balaban J connectivity index is 0.00000514. The topological polar surface area (TPSA) is 63.8 Å². The van der Waals surface area contributed by atoms with Crippen molar-refractivity contribution in [1.82, 2.24) is 19.5 Å². The van der Waals surface area contributed by atoms with Gasteiger partial charge in [-0.05, 0) is 80.3 Å². The fourth-order valence-electron chi connectivity index (χ4n) is 7.20. The summed E-state index contributed by atoms with van der Waals surface area (Å²) in [5.41, 5.74) is 13.5. The molecule has 0 spiro atoms. The van der Waals surface area contributed by atoms with Gasteiger partial charge in [-0.15, -0.1) is 35.4 Å². The fourth-order valence-corrected chi connectivity index (χ4v) is 7.20. The number of aromatic nitrogens is 4. The summed E-state index contributed by atoms with van der Waals surface area (Å²) in [5, 5.41) is 11.5. The van der Waals surface area contributed by atoms with E-state index in [0.717, 1.165) is 61.1 Å². The zero-order chi connectivity index (χ0) is 39.0. The summed E-state index contributed by atoms with van der Waals surface area (Å²) in [7, 11) is 0. The van der Waals surface area contributed by atoms with Crippen molar-refractivity contribution in [3.8, 4) is 45.1 Å². The summed E-state index contributed by atoms with van der Waals surface area (Å²) < 4.78 is 2.22. The normalized spacial score (nSPS) is 12.7. The molecule has 0 unspecified atom stereocenters. The minimum Gasteiger partial charge on any atom is -0.507 e. The number of fused-ring (bicyclic) bond motifs is 2. The van der Waals surface area contributed by atoms with Gasteiger partial charge in [-0.3, -0.25) is 14.5 Å². The zero-order valence-corrected chi connectivity index (χ0v) is 36.6. The van der Waals surface area contributed by atoms with E-state index in [1.807, 2.05) is 24.5 Å². The Morgan fingerprint density at radius 2 is 1.09 bits per heavy atom. The Morgan fingerprint density at radius 3 is 1.71 bits per heavy atom. The number of phenolic OH excluding ortho intramolecular Hbond substituents is 1. The predicted molar refractivity (Wildman–Crippen MR) is 226 cm³/mol. The molecule has 0 aliphatic heterocycles. The second-order valence-electron chi connectivity index (χ2n) is 18.8. The third-order valence-corrected chi connectivity index (χ3v) is 10.5. The van der Waals surface area contributed by atoms with Crippen LogP contribution in [-0.4, -0.2) is 24.6 Å². The Morgan fingerprint density at radius 1 is 0.527 bits per heavy atom. The van der Waals surface area contributed by atoms with E-state index in [1.54, 1.807) is 6.07 Å². The zero-order valence-electron chi connectivity index (χ0n) is 34.3. The molecular weight excluding hydrogens is 856 g/mol. The van der Waals surface area contributed by atoms with E-state index in [-0.39, 0.29) is 48.5 Å². The molecule has 3 aromatic heterocycles. The van der Waals surface area contributed by atoms with Crippen molar-refractivity contribution in [2.75, 3.05) is 0 Å². The Labute approximate surface area is 341 Å². The molecule has 6 heteroatoms. The first-order valence-corrected chi connectivity index (χ1v) is 19.0. The van der Waals surface area contributed by atoms with E-state index in [2.05, 4.69) is 160 Å². The van der Waals surface area contributed by atoms with E-state index in [0.29, 0.717) is 11.4 Å². The number of rotatable bonds is 4. The molecule has 3 heterocycles. The maximum absolute atomic E-state index is 11.5. The van der Waals surface area contributed by atoms with Crippen molar-refractivity contribution in [2.45, 2.75) is 105 Å². The molecule has 1 N–H and O–H groups in total. The van der Waals surface area contributed by atoms with Gasteiger partial charge >= 0.3 is 0 Å². The molecule has 0 amide bonds. The second kappa shape index (κ2) is 14.2. The number of hydrogen-bond donors (Lipinski definition) is 1. The second-order valence-corrected chi connectivity index (χ2v) is 18.8. The van der Waals surface area contributed by atoms with E-state index in [9.17, 15) is 5.11 Å². The molecule has 0 fully saturated rings.